The number of benzene rings is 2. The lowest BCUT2D eigenvalue weighted by Gasteiger charge is -2.23. The standard InChI is InChI=1S/C16H19NO3S/c18-16-8-7-12-4-1-2-6-14(12)15(16)10-17-13-5-3-9-21(19,20)11-13/h1-2,4,6-8,13,17-18H,3,5,9-11H2. The van der Waals surface area contributed by atoms with Crippen LogP contribution in [0.2, 0.25) is 0 Å². The first kappa shape index (κ1) is 14.4. The number of aromatic hydroxyl groups is 1. The van der Waals surface area contributed by atoms with Crippen molar-refractivity contribution in [1.29, 1.82) is 0 Å². The zero-order valence-electron chi connectivity index (χ0n) is 11.7. The van der Waals surface area contributed by atoms with E-state index in [9.17, 15) is 13.5 Å². The molecule has 0 amide bonds. The number of fused-ring (bicyclic) bond motifs is 1. The molecule has 3 rings (SSSR count). The summed E-state index contributed by atoms with van der Waals surface area (Å²) in [5, 5.41) is 15.4. The molecule has 112 valence electrons. The van der Waals surface area contributed by atoms with E-state index in [0.717, 1.165) is 22.8 Å². The van der Waals surface area contributed by atoms with Gasteiger partial charge < -0.3 is 10.4 Å². The number of rotatable bonds is 3. The lowest BCUT2D eigenvalue weighted by Crippen LogP contribution is -2.39. The summed E-state index contributed by atoms with van der Waals surface area (Å²) in [5.41, 5.74) is 0.830. The zero-order valence-corrected chi connectivity index (χ0v) is 12.6. The summed E-state index contributed by atoms with van der Waals surface area (Å²) in [6, 6.07) is 11.4. The summed E-state index contributed by atoms with van der Waals surface area (Å²) in [7, 11) is -2.91. The summed E-state index contributed by atoms with van der Waals surface area (Å²) < 4.78 is 23.3. The molecule has 0 aliphatic carbocycles. The highest BCUT2D eigenvalue weighted by Crippen LogP contribution is 2.27. The number of sulfone groups is 1. The quantitative estimate of drug-likeness (QED) is 0.912. The highest BCUT2D eigenvalue weighted by atomic mass is 32.2. The summed E-state index contributed by atoms with van der Waals surface area (Å²) in [4.78, 5) is 0. The third-order valence-electron chi connectivity index (χ3n) is 4.05. The molecule has 4 nitrogen and oxygen atoms in total. The minimum atomic E-state index is -2.91. The highest BCUT2D eigenvalue weighted by molar-refractivity contribution is 7.91. The summed E-state index contributed by atoms with van der Waals surface area (Å²) in [6.07, 6.45) is 1.58. The molecule has 2 N–H and O–H groups in total. The maximum Gasteiger partial charge on any atom is 0.151 e. The molecule has 0 radical (unpaired) electrons. The third-order valence-corrected chi connectivity index (χ3v) is 5.87. The number of phenolic OH excluding ortho intramolecular Hbond substituents is 1. The van der Waals surface area contributed by atoms with Crippen LogP contribution in [-0.4, -0.2) is 31.1 Å². The Bertz CT molecular complexity index is 755. The Hall–Kier alpha value is -1.59. The molecule has 2 aromatic rings. The van der Waals surface area contributed by atoms with Crippen LogP contribution < -0.4 is 5.32 Å². The Morgan fingerprint density at radius 2 is 2.00 bits per heavy atom. The fourth-order valence-electron chi connectivity index (χ4n) is 2.94. The van der Waals surface area contributed by atoms with Crippen molar-refractivity contribution in [2.24, 2.45) is 0 Å². The van der Waals surface area contributed by atoms with Crippen LogP contribution in [0, 0.1) is 0 Å². The second kappa shape index (κ2) is 5.66. The van der Waals surface area contributed by atoms with Crippen LogP contribution >= 0.6 is 0 Å². The number of phenols is 1. The van der Waals surface area contributed by atoms with Crippen molar-refractivity contribution in [3.8, 4) is 5.75 Å². The van der Waals surface area contributed by atoms with Gasteiger partial charge in [0.15, 0.2) is 9.84 Å². The van der Waals surface area contributed by atoms with Gasteiger partial charge in [0, 0.05) is 18.2 Å². The maximum atomic E-state index is 11.7. The molecule has 5 heteroatoms. The molecule has 21 heavy (non-hydrogen) atoms. The van der Waals surface area contributed by atoms with E-state index in [1.165, 1.54) is 0 Å². The van der Waals surface area contributed by atoms with Crippen molar-refractivity contribution in [2.45, 2.75) is 25.4 Å². The van der Waals surface area contributed by atoms with Crippen LogP contribution in [0.3, 0.4) is 0 Å². The second-order valence-electron chi connectivity index (χ2n) is 5.62. The first-order chi connectivity index (χ1) is 10.1. The van der Waals surface area contributed by atoms with E-state index in [-0.39, 0.29) is 17.5 Å². The molecule has 1 unspecified atom stereocenters. The molecule has 1 aliphatic rings. The molecule has 0 aromatic heterocycles. The van der Waals surface area contributed by atoms with Gasteiger partial charge in [-0.2, -0.15) is 0 Å². The van der Waals surface area contributed by atoms with Crippen molar-refractivity contribution in [3.63, 3.8) is 0 Å². The highest BCUT2D eigenvalue weighted by Gasteiger charge is 2.24. The maximum absolute atomic E-state index is 11.7. The van der Waals surface area contributed by atoms with Gasteiger partial charge in [-0.25, -0.2) is 8.42 Å². The monoisotopic (exact) mass is 305 g/mol. The fraction of sp³-hybridized carbons (Fsp3) is 0.375. The lowest BCUT2D eigenvalue weighted by molar-refractivity contribution is 0.451. The van der Waals surface area contributed by atoms with E-state index in [4.69, 9.17) is 0 Å². The summed E-state index contributed by atoms with van der Waals surface area (Å²) in [5.74, 6) is 0.739. The zero-order chi connectivity index (χ0) is 14.9. The van der Waals surface area contributed by atoms with E-state index in [2.05, 4.69) is 5.32 Å². The molecule has 0 saturated carbocycles. The molecule has 0 bridgehead atoms. The van der Waals surface area contributed by atoms with Gasteiger partial charge in [0.2, 0.25) is 0 Å². The number of hydrogen-bond donors (Lipinski definition) is 2. The SMILES string of the molecule is O=S1(=O)CCCC(NCc2c(O)ccc3ccccc23)C1. The normalized spacial score (nSPS) is 21.4. The molecule has 1 atom stereocenters. The van der Waals surface area contributed by atoms with Gasteiger partial charge in [0.1, 0.15) is 5.75 Å². The number of hydrogen-bond acceptors (Lipinski definition) is 4. The van der Waals surface area contributed by atoms with Crippen LogP contribution in [0.5, 0.6) is 5.75 Å². The fourth-order valence-corrected chi connectivity index (χ4v) is 4.61. The van der Waals surface area contributed by atoms with Gasteiger partial charge in [0.05, 0.1) is 11.5 Å². The Morgan fingerprint density at radius 3 is 2.81 bits per heavy atom. The van der Waals surface area contributed by atoms with Crippen LogP contribution in [0.1, 0.15) is 18.4 Å². The molecule has 1 saturated heterocycles. The van der Waals surface area contributed by atoms with Gasteiger partial charge >= 0.3 is 0 Å². The van der Waals surface area contributed by atoms with E-state index in [1.54, 1.807) is 6.07 Å². The molecule has 1 aliphatic heterocycles. The van der Waals surface area contributed by atoms with Crippen LogP contribution in [-0.2, 0) is 16.4 Å². The molecule has 2 aromatic carbocycles. The van der Waals surface area contributed by atoms with Crippen molar-refractivity contribution in [1.82, 2.24) is 5.32 Å². The van der Waals surface area contributed by atoms with Crippen LogP contribution in [0.25, 0.3) is 10.8 Å². The predicted octanol–water partition coefficient (Wildman–Crippen LogP) is 2.21. The molecular weight excluding hydrogens is 286 g/mol. The average Bonchev–Trinajstić information content (AvgIpc) is 2.45. The van der Waals surface area contributed by atoms with E-state index in [1.807, 2.05) is 30.3 Å². The van der Waals surface area contributed by atoms with Crippen LogP contribution in [0.15, 0.2) is 36.4 Å². The van der Waals surface area contributed by atoms with Crippen molar-refractivity contribution in [2.75, 3.05) is 11.5 Å². The minimum Gasteiger partial charge on any atom is -0.508 e. The Morgan fingerprint density at radius 1 is 1.19 bits per heavy atom. The average molecular weight is 305 g/mol. The van der Waals surface area contributed by atoms with Gasteiger partial charge in [-0.3, -0.25) is 0 Å². The van der Waals surface area contributed by atoms with E-state index in [0.29, 0.717) is 18.7 Å². The third kappa shape index (κ3) is 3.19. The Labute approximate surface area is 124 Å². The Kier molecular flexibility index (Phi) is 3.87. The second-order valence-corrected chi connectivity index (χ2v) is 7.85. The summed E-state index contributed by atoms with van der Waals surface area (Å²) in [6.45, 7) is 0.480. The first-order valence-electron chi connectivity index (χ1n) is 7.18. The van der Waals surface area contributed by atoms with Crippen molar-refractivity contribution >= 4 is 20.6 Å². The van der Waals surface area contributed by atoms with Crippen molar-refractivity contribution in [3.05, 3.63) is 42.0 Å². The lowest BCUT2D eigenvalue weighted by atomic mass is 10.0. The molecule has 1 fully saturated rings. The first-order valence-corrected chi connectivity index (χ1v) is 9.01. The van der Waals surface area contributed by atoms with Gasteiger partial charge in [-0.1, -0.05) is 30.3 Å². The van der Waals surface area contributed by atoms with E-state index < -0.39 is 9.84 Å². The minimum absolute atomic E-state index is 0.0258. The van der Waals surface area contributed by atoms with Crippen molar-refractivity contribution < 1.29 is 13.5 Å². The molecule has 1 heterocycles. The molecule has 0 spiro atoms. The topological polar surface area (TPSA) is 66.4 Å². The van der Waals surface area contributed by atoms with Crippen LogP contribution in [0.4, 0.5) is 0 Å². The van der Waals surface area contributed by atoms with Gasteiger partial charge in [-0.05, 0) is 29.7 Å². The summed E-state index contributed by atoms with van der Waals surface area (Å²) >= 11 is 0. The van der Waals surface area contributed by atoms with Gasteiger partial charge in [0.25, 0.3) is 0 Å². The largest absolute Gasteiger partial charge is 0.508 e. The number of nitrogens with one attached hydrogen (secondary N) is 1. The van der Waals surface area contributed by atoms with Gasteiger partial charge in [-0.15, -0.1) is 0 Å². The predicted molar refractivity (Wildman–Crippen MR) is 84.1 cm³/mol. The smallest absolute Gasteiger partial charge is 0.151 e. The molecular formula is C16H19NO3S. The Balaban J connectivity index is 1.80. The van der Waals surface area contributed by atoms with E-state index >= 15 is 0 Å².